The Labute approximate surface area is 159 Å². The van der Waals surface area contributed by atoms with E-state index in [1.165, 1.54) is 0 Å². The van der Waals surface area contributed by atoms with Crippen LogP contribution in [0.15, 0.2) is 85.0 Å². The highest BCUT2D eigenvalue weighted by molar-refractivity contribution is 6.15. The number of allylic oxidation sites excluding steroid dienone is 3. The summed E-state index contributed by atoms with van der Waals surface area (Å²) in [5, 5.41) is 8.72. The third-order valence-corrected chi connectivity index (χ3v) is 5.30. The van der Waals surface area contributed by atoms with E-state index in [0.29, 0.717) is 11.3 Å². The molecule has 3 heteroatoms. The highest BCUT2D eigenvalue weighted by Gasteiger charge is 2.50. The molecule has 2 aliphatic carbocycles. The fourth-order valence-electron chi connectivity index (χ4n) is 4.04. The Morgan fingerprint density at radius 1 is 1.07 bits per heavy atom. The van der Waals surface area contributed by atoms with Crippen molar-refractivity contribution in [1.82, 2.24) is 0 Å². The van der Waals surface area contributed by atoms with E-state index in [4.69, 9.17) is 10.1 Å². The van der Waals surface area contributed by atoms with E-state index in [2.05, 4.69) is 18.7 Å². The van der Waals surface area contributed by atoms with Gasteiger partial charge in [0.1, 0.15) is 0 Å². The zero-order valence-electron chi connectivity index (χ0n) is 15.2. The molecule has 1 N–H and O–H groups in total. The maximum Gasteiger partial charge on any atom is 0.334 e. The van der Waals surface area contributed by atoms with Crippen molar-refractivity contribution >= 4 is 11.7 Å². The Hall–Kier alpha value is -3.20. The molecule has 4 rings (SSSR count). The summed E-state index contributed by atoms with van der Waals surface area (Å²) >= 11 is 0. The molecule has 0 fully saturated rings. The summed E-state index contributed by atoms with van der Waals surface area (Å²) in [4.78, 5) is 12.7. The summed E-state index contributed by atoms with van der Waals surface area (Å²) in [5.41, 5.74) is 3.14. The lowest BCUT2D eigenvalue weighted by atomic mass is 9.66. The maximum atomic E-state index is 12.7. The largest absolute Gasteiger partial charge is 0.445 e. The Morgan fingerprint density at radius 3 is 2.19 bits per heavy atom. The summed E-state index contributed by atoms with van der Waals surface area (Å²) in [7, 11) is 0. The Bertz CT molecular complexity index is 963. The van der Waals surface area contributed by atoms with Gasteiger partial charge < -0.3 is 4.74 Å². The molecule has 0 saturated carbocycles. The van der Waals surface area contributed by atoms with Gasteiger partial charge >= 0.3 is 5.97 Å². The van der Waals surface area contributed by atoms with E-state index in [0.717, 1.165) is 28.7 Å². The fourth-order valence-corrected chi connectivity index (χ4v) is 4.04. The number of rotatable bonds is 3. The average molecular weight is 355 g/mol. The van der Waals surface area contributed by atoms with E-state index in [1.807, 2.05) is 60.7 Å². The zero-order chi connectivity index (χ0) is 19.0. The van der Waals surface area contributed by atoms with E-state index in [1.54, 1.807) is 6.92 Å². The number of benzene rings is 2. The molecular weight excluding hydrogens is 334 g/mol. The Balaban J connectivity index is 2.05. The Morgan fingerprint density at radius 2 is 1.67 bits per heavy atom. The lowest BCUT2D eigenvalue weighted by Crippen LogP contribution is -2.45. The number of hydrogen-bond donors (Lipinski definition) is 1. The van der Waals surface area contributed by atoms with Crippen LogP contribution in [0, 0.1) is 11.3 Å². The molecule has 0 spiro atoms. The second kappa shape index (κ2) is 6.51. The van der Waals surface area contributed by atoms with E-state index in [9.17, 15) is 4.79 Å². The highest BCUT2D eigenvalue weighted by Crippen LogP contribution is 2.50. The molecular formula is C24H21NO2. The van der Waals surface area contributed by atoms with Gasteiger partial charge in [0.15, 0.2) is 5.60 Å². The molecule has 0 radical (unpaired) electrons. The highest BCUT2D eigenvalue weighted by atomic mass is 16.6. The minimum absolute atomic E-state index is 0.0683. The van der Waals surface area contributed by atoms with Gasteiger partial charge in [-0.15, -0.1) is 0 Å². The minimum Gasteiger partial charge on any atom is -0.445 e. The predicted molar refractivity (Wildman–Crippen MR) is 107 cm³/mol. The van der Waals surface area contributed by atoms with Gasteiger partial charge in [-0.1, -0.05) is 79.4 Å². The first kappa shape index (κ1) is 17.2. The van der Waals surface area contributed by atoms with Crippen molar-refractivity contribution < 1.29 is 9.53 Å². The van der Waals surface area contributed by atoms with Crippen molar-refractivity contribution in [3.63, 3.8) is 0 Å². The van der Waals surface area contributed by atoms with Crippen LogP contribution in [0.2, 0.25) is 0 Å². The lowest BCUT2D eigenvalue weighted by Gasteiger charge is -2.44. The van der Waals surface area contributed by atoms with E-state index in [-0.39, 0.29) is 5.92 Å². The minimum atomic E-state index is -0.991. The lowest BCUT2D eigenvalue weighted by molar-refractivity contribution is -0.155. The molecule has 0 amide bonds. The summed E-state index contributed by atoms with van der Waals surface area (Å²) in [6, 6.07) is 15.5. The van der Waals surface area contributed by atoms with Crippen LogP contribution in [0.5, 0.6) is 0 Å². The van der Waals surface area contributed by atoms with Gasteiger partial charge in [-0.2, -0.15) is 0 Å². The fraction of sp³-hybridized carbons (Fsp3) is 0.167. The number of hydrogen-bond acceptors (Lipinski definition) is 3. The first-order valence-electron chi connectivity index (χ1n) is 9.06. The molecule has 0 heterocycles. The van der Waals surface area contributed by atoms with Crippen molar-refractivity contribution in [2.45, 2.75) is 18.9 Å². The monoisotopic (exact) mass is 355 g/mol. The third kappa shape index (κ3) is 2.58. The molecule has 0 aliphatic heterocycles. The van der Waals surface area contributed by atoms with Gasteiger partial charge in [0.2, 0.25) is 0 Å². The predicted octanol–water partition coefficient (Wildman–Crippen LogP) is 4.91. The van der Waals surface area contributed by atoms with Gasteiger partial charge in [-0.25, -0.2) is 4.79 Å². The van der Waals surface area contributed by atoms with Crippen LogP contribution in [-0.4, -0.2) is 11.7 Å². The molecule has 27 heavy (non-hydrogen) atoms. The average Bonchev–Trinajstić information content (AvgIpc) is 2.71. The van der Waals surface area contributed by atoms with Crippen LogP contribution in [0.3, 0.4) is 0 Å². The van der Waals surface area contributed by atoms with Crippen LogP contribution in [-0.2, 0) is 15.1 Å². The molecule has 3 nitrogen and oxygen atoms in total. The van der Waals surface area contributed by atoms with Gasteiger partial charge in [-0.05, 0) is 13.3 Å². The van der Waals surface area contributed by atoms with Crippen LogP contribution in [0.25, 0.3) is 0 Å². The maximum absolute atomic E-state index is 12.7. The second-order valence-electron chi connectivity index (χ2n) is 7.03. The smallest absolute Gasteiger partial charge is 0.334 e. The molecule has 1 atom stereocenters. The number of nitrogens with one attached hydrogen (secondary N) is 1. The van der Waals surface area contributed by atoms with Crippen molar-refractivity contribution in [1.29, 1.82) is 5.41 Å². The molecule has 0 bridgehead atoms. The number of carbonyl (C=O) groups is 1. The van der Waals surface area contributed by atoms with Crippen LogP contribution >= 0.6 is 0 Å². The summed E-state index contributed by atoms with van der Waals surface area (Å²) in [6.45, 7) is 5.44. The van der Waals surface area contributed by atoms with Crippen LogP contribution in [0.4, 0.5) is 0 Å². The molecule has 0 saturated heterocycles. The van der Waals surface area contributed by atoms with Crippen LogP contribution < -0.4 is 0 Å². The first-order chi connectivity index (χ1) is 13.1. The van der Waals surface area contributed by atoms with Gasteiger partial charge in [0, 0.05) is 33.7 Å². The zero-order valence-corrected chi connectivity index (χ0v) is 15.2. The second-order valence-corrected chi connectivity index (χ2v) is 7.03. The van der Waals surface area contributed by atoms with E-state index < -0.39 is 11.6 Å². The van der Waals surface area contributed by atoms with Crippen molar-refractivity contribution in [2.24, 2.45) is 5.92 Å². The summed E-state index contributed by atoms with van der Waals surface area (Å²) in [5.74, 6) is -0.489. The molecule has 0 aromatic heterocycles. The van der Waals surface area contributed by atoms with E-state index >= 15 is 0 Å². The molecule has 2 aromatic rings. The first-order valence-corrected chi connectivity index (χ1v) is 9.06. The van der Waals surface area contributed by atoms with Crippen molar-refractivity contribution in [2.75, 3.05) is 0 Å². The third-order valence-electron chi connectivity index (χ3n) is 5.30. The number of carbonyl (C=O) groups excluding carboxylic acids is 1. The van der Waals surface area contributed by atoms with Crippen molar-refractivity contribution in [3.8, 4) is 0 Å². The van der Waals surface area contributed by atoms with Gasteiger partial charge in [0.25, 0.3) is 0 Å². The number of ether oxygens (including phenoxy) is 1. The standard InChI is InChI=1S/C24H21NO2/c1-16(2)23(26)27-24(17-10-4-3-5-11-17)20-14-8-6-12-18(20)22(25)19-13-7-9-15-21(19)24/h3-10,12-15,17,25H,1,11H2,2H3. The van der Waals surface area contributed by atoms with Gasteiger partial charge in [0.05, 0.1) is 5.71 Å². The molecule has 134 valence electrons. The SMILES string of the molecule is C=C(C)C(=O)OC1(C2C=CC=CC2)c2ccccc2C(=N)c2ccccc21. The molecule has 2 aliphatic rings. The quantitative estimate of drug-likeness (QED) is 0.628. The summed E-state index contributed by atoms with van der Waals surface area (Å²) < 4.78 is 6.26. The topological polar surface area (TPSA) is 50.2 Å². The summed E-state index contributed by atoms with van der Waals surface area (Å²) in [6.07, 6.45) is 8.93. The normalized spacial score (nSPS) is 22.7. The van der Waals surface area contributed by atoms with Gasteiger partial charge in [-0.3, -0.25) is 5.41 Å². The number of esters is 1. The molecule has 1 unspecified atom stereocenters. The van der Waals surface area contributed by atoms with Crippen LogP contribution in [0.1, 0.15) is 35.6 Å². The number of fused-ring (bicyclic) bond motifs is 2. The van der Waals surface area contributed by atoms with Crippen molar-refractivity contribution in [3.05, 3.63) is 107 Å². The molecule has 2 aromatic carbocycles. The Kier molecular flexibility index (Phi) is 4.15.